The molecular formula is C20H18N4O5. The normalized spacial score (nSPS) is 10.4. The molecule has 3 rings (SSSR count). The molecule has 0 saturated carbocycles. The zero-order valence-corrected chi connectivity index (χ0v) is 15.8. The molecule has 2 aromatic carbocycles. The van der Waals surface area contributed by atoms with Gasteiger partial charge in [-0.05, 0) is 19.1 Å². The second kappa shape index (κ2) is 8.34. The van der Waals surface area contributed by atoms with E-state index in [1.165, 1.54) is 31.4 Å². The number of nitro groups is 1. The van der Waals surface area contributed by atoms with Crippen LogP contribution >= 0.6 is 0 Å². The minimum absolute atomic E-state index is 0.134. The van der Waals surface area contributed by atoms with Crippen molar-refractivity contribution >= 4 is 17.3 Å². The number of ether oxygens (including phenoxy) is 1. The Morgan fingerprint density at radius 3 is 2.55 bits per heavy atom. The molecule has 0 bridgehead atoms. The van der Waals surface area contributed by atoms with Gasteiger partial charge in [0.15, 0.2) is 0 Å². The number of aromatic nitrogens is 2. The Labute approximate surface area is 165 Å². The highest BCUT2D eigenvalue weighted by Crippen LogP contribution is 2.28. The van der Waals surface area contributed by atoms with Crippen LogP contribution in [-0.4, -0.2) is 27.7 Å². The molecule has 0 aliphatic heterocycles. The minimum Gasteiger partial charge on any atom is -0.495 e. The van der Waals surface area contributed by atoms with Crippen molar-refractivity contribution in [1.82, 2.24) is 9.78 Å². The number of aryl methyl sites for hydroxylation is 1. The molecule has 0 atom stereocenters. The molecule has 3 aromatic rings. The van der Waals surface area contributed by atoms with Gasteiger partial charge in [-0.3, -0.25) is 19.7 Å². The number of nitrogens with zero attached hydrogens (tertiary/aromatic N) is 3. The van der Waals surface area contributed by atoms with Gasteiger partial charge in [0.2, 0.25) is 5.91 Å². The molecular weight excluding hydrogens is 376 g/mol. The third-order valence-electron chi connectivity index (χ3n) is 4.18. The predicted molar refractivity (Wildman–Crippen MR) is 107 cm³/mol. The van der Waals surface area contributed by atoms with E-state index in [-0.39, 0.29) is 23.7 Å². The van der Waals surface area contributed by atoms with Crippen LogP contribution in [0.15, 0.2) is 59.4 Å². The van der Waals surface area contributed by atoms with Crippen molar-refractivity contribution in [3.05, 3.63) is 80.6 Å². The Morgan fingerprint density at radius 2 is 1.90 bits per heavy atom. The fourth-order valence-corrected chi connectivity index (χ4v) is 2.67. The maximum absolute atomic E-state index is 12.4. The smallest absolute Gasteiger partial charge is 0.271 e. The average molecular weight is 394 g/mol. The summed E-state index contributed by atoms with van der Waals surface area (Å²) in [6.45, 7) is 1.61. The molecule has 1 heterocycles. The average Bonchev–Trinajstić information content (AvgIpc) is 2.70. The molecule has 29 heavy (non-hydrogen) atoms. The van der Waals surface area contributed by atoms with Gasteiger partial charge in [0.25, 0.3) is 11.2 Å². The molecule has 148 valence electrons. The highest BCUT2D eigenvalue weighted by Gasteiger charge is 2.15. The van der Waals surface area contributed by atoms with Gasteiger partial charge in [-0.1, -0.05) is 29.8 Å². The lowest BCUT2D eigenvalue weighted by Gasteiger charge is -2.11. The van der Waals surface area contributed by atoms with E-state index in [1.54, 1.807) is 6.07 Å². The first kappa shape index (κ1) is 19.7. The summed E-state index contributed by atoms with van der Waals surface area (Å²) in [5.74, 6) is -0.308. The van der Waals surface area contributed by atoms with Crippen LogP contribution in [0.3, 0.4) is 0 Å². The van der Waals surface area contributed by atoms with E-state index < -0.39 is 16.4 Å². The summed E-state index contributed by atoms with van der Waals surface area (Å²) in [6.07, 6.45) is 0. The van der Waals surface area contributed by atoms with E-state index >= 15 is 0 Å². The number of non-ortho nitro benzene ring substituents is 1. The third-order valence-corrected chi connectivity index (χ3v) is 4.18. The van der Waals surface area contributed by atoms with Crippen LogP contribution < -0.4 is 15.6 Å². The Balaban J connectivity index is 1.83. The van der Waals surface area contributed by atoms with Crippen molar-refractivity contribution in [1.29, 1.82) is 0 Å². The lowest BCUT2D eigenvalue weighted by molar-refractivity contribution is -0.384. The second-order valence-electron chi connectivity index (χ2n) is 6.27. The summed E-state index contributed by atoms with van der Waals surface area (Å²) < 4.78 is 6.16. The van der Waals surface area contributed by atoms with Gasteiger partial charge in [-0.2, -0.15) is 5.10 Å². The number of nitrogens with one attached hydrogen (secondary N) is 1. The topological polar surface area (TPSA) is 116 Å². The van der Waals surface area contributed by atoms with Crippen LogP contribution in [0.5, 0.6) is 5.75 Å². The van der Waals surface area contributed by atoms with E-state index in [9.17, 15) is 19.7 Å². The molecule has 1 N–H and O–H groups in total. The maximum atomic E-state index is 12.4. The largest absolute Gasteiger partial charge is 0.495 e. The zero-order valence-electron chi connectivity index (χ0n) is 15.8. The van der Waals surface area contributed by atoms with E-state index in [2.05, 4.69) is 10.4 Å². The number of hydrogen-bond donors (Lipinski definition) is 1. The highest BCUT2D eigenvalue weighted by atomic mass is 16.6. The van der Waals surface area contributed by atoms with Crippen LogP contribution in [0, 0.1) is 17.0 Å². The summed E-state index contributed by atoms with van der Waals surface area (Å²) >= 11 is 0. The molecule has 0 aliphatic rings. The number of nitro benzene ring substituents is 1. The molecule has 9 heteroatoms. The van der Waals surface area contributed by atoms with Gasteiger partial charge in [0, 0.05) is 23.8 Å². The van der Waals surface area contributed by atoms with Crippen molar-refractivity contribution in [2.75, 3.05) is 12.4 Å². The molecule has 9 nitrogen and oxygen atoms in total. The standard InChI is InChI=1S/C20H18N4O5/c1-13-3-5-14(6-4-13)16-8-10-20(26)23(22-16)12-19(25)21-17-11-15(24(27)28)7-9-18(17)29-2/h3-11H,12H2,1-2H3,(H,21,25). The van der Waals surface area contributed by atoms with Gasteiger partial charge in [0.05, 0.1) is 23.4 Å². The molecule has 0 fully saturated rings. The molecule has 0 saturated heterocycles. The number of benzene rings is 2. The van der Waals surface area contributed by atoms with E-state index in [0.29, 0.717) is 5.69 Å². The van der Waals surface area contributed by atoms with E-state index in [0.717, 1.165) is 15.8 Å². The van der Waals surface area contributed by atoms with Gasteiger partial charge in [0.1, 0.15) is 12.3 Å². The number of carbonyl (C=O) groups excluding carboxylic acids is 1. The van der Waals surface area contributed by atoms with Crippen LogP contribution in [-0.2, 0) is 11.3 Å². The quantitative estimate of drug-likeness (QED) is 0.508. The Bertz CT molecular complexity index is 1120. The Kier molecular flexibility index (Phi) is 5.68. The van der Waals surface area contributed by atoms with E-state index in [1.807, 2.05) is 31.2 Å². The number of amides is 1. The lowest BCUT2D eigenvalue weighted by Crippen LogP contribution is -2.29. The lowest BCUT2D eigenvalue weighted by atomic mass is 10.1. The first-order valence-corrected chi connectivity index (χ1v) is 8.65. The number of anilines is 1. The number of rotatable bonds is 6. The fourth-order valence-electron chi connectivity index (χ4n) is 2.67. The monoisotopic (exact) mass is 394 g/mol. The Hall–Kier alpha value is -4.01. The van der Waals surface area contributed by atoms with Crippen molar-refractivity contribution < 1.29 is 14.5 Å². The number of carbonyl (C=O) groups is 1. The first-order chi connectivity index (χ1) is 13.9. The Morgan fingerprint density at radius 1 is 1.17 bits per heavy atom. The molecule has 0 spiro atoms. The zero-order chi connectivity index (χ0) is 21.0. The van der Waals surface area contributed by atoms with Gasteiger partial charge >= 0.3 is 0 Å². The highest BCUT2D eigenvalue weighted by molar-refractivity contribution is 5.92. The molecule has 0 aliphatic carbocycles. The van der Waals surface area contributed by atoms with Crippen LogP contribution in [0.4, 0.5) is 11.4 Å². The van der Waals surface area contributed by atoms with Crippen LogP contribution in [0.2, 0.25) is 0 Å². The third kappa shape index (κ3) is 4.64. The van der Waals surface area contributed by atoms with Gasteiger partial charge in [-0.25, -0.2) is 4.68 Å². The van der Waals surface area contributed by atoms with Gasteiger partial charge in [-0.15, -0.1) is 0 Å². The summed E-state index contributed by atoms with van der Waals surface area (Å²) in [7, 11) is 1.38. The van der Waals surface area contributed by atoms with Crippen molar-refractivity contribution in [3.63, 3.8) is 0 Å². The fraction of sp³-hybridized carbons (Fsp3) is 0.150. The number of hydrogen-bond acceptors (Lipinski definition) is 6. The SMILES string of the molecule is COc1ccc([N+](=O)[O-])cc1NC(=O)Cn1nc(-c2ccc(C)cc2)ccc1=O. The van der Waals surface area contributed by atoms with Crippen LogP contribution in [0.25, 0.3) is 11.3 Å². The first-order valence-electron chi connectivity index (χ1n) is 8.65. The van der Waals surface area contributed by atoms with E-state index in [4.69, 9.17) is 4.74 Å². The summed E-state index contributed by atoms with van der Waals surface area (Å²) in [5.41, 5.74) is 1.94. The molecule has 1 aromatic heterocycles. The minimum atomic E-state index is -0.577. The maximum Gasteiger partial charge on any atom is 0.271 e. The van der Waals surface area contributed by atoms with Crippen molar-refractivity contribution in [2.45, 2.75) is 13.5 Å². The van der Waals surface area contributed by atoms with Gasteiger partial charge < -0.3 is 10.1 Å². The predicted octanol–water partition coefficient (Wildman–Crippen LogP) is 2.77. The van der Waals surface area contributed by atoms with Crippen molar-refractivity contribution in [3.8, 4) is 17.0 Å². The molecule has 0 radical (unpaired) electrons. The molecule has 0 unspecified atom stereocenters. The molecule has 1 amide bonds. The summed E-state index contributed by atoms with van der Waals surface area (Å²) in [4.78, 5) is 34.9. The summed E-state index contributed by atoms with van der Waals surface area (Å²) in [6, 6.07) is 14.4. The summed E-state index contributed by atoms with van der Waals surface area (Å²) in [5, 5.41) is 17.7. The second-order valence-corrected chi connectivity index (χ2v) is 6.27. The number of methoxy groups -OCH3 is 1. The van der Waals surface area contributed by atoms with Crippen LogP contribution in [0.1, 0.15) is 5.56 Å². The van der Waals surface area contributed by atoms with Crippen molar-refractivity contribution in [2.24, 2.45) is 0 Å².